The van der Waals surface area contributed by atoms with Gasteiger partial charge in [-0.15, -0.1) is 0 Å². The van der Waals surface area contributed by atoms with Crippen LogP contribution in [0.2, 0.25) is 0 Å². The first-order valence-corrected chi connectivity index (χ1v) is 8.95. The molecule has 0 radical (unpaired) electrons. The second-order valence-corrected chi connectivity index (χ2v) is 6.37. The van der Waals surface area contributed by atoms with E-state index in [-0.39, 0.29) is 30.0 Å². The fourth-order valence-corrected chi connectivity index (χ4v) is 3.28. The summed E-state index contributed by atoms with van der Waals surface area (Å²) in [7, 11) is 0. The van der Waals surface area contributed by atoms with Crippen LogP contribution in [0.1, 0.15) is 25.7 Å². The Labute approximate surface area is 150 Å². The van der Waals surface area contributed by atoms with Gasteiger partial charge in [0.2, 0.25) is 5.52 Å². The topological polar surface area (TPSA) is 130 Å². The summed E-state index contributed by atoms with van der Waals surface area (Å²) in [4.78, 5) is 13.4. The van der Waals surface area contributed by atoms with Gasteiger partial charge in [-0.05, 0) is 55.3 Å². The number of nitrogens with zero attached hydrogens (tertiary/aromatic N) is 4. The van der Waals surface area contributed by atoms with Crippen LogP contribution in [-0.2, 0) is 0 Å². The molecule has 1 fully saturated rings. The summed E-state index contributed by atoms with van der Waals surface area (Å²) in [5.41, 5.74) is 1.14. The van der Waals surface area contributed by atoms with Gasteiger partial charge in [0.15, 0.2) is 5.52 Å². The van der Waals surface area contributed by atoms with E-state index in [4.69, 9.17) is 9.74 Å². The Balaban J connectivity index is 1.71. The summed E-state index contributed by atoms with van der Waals surface area (Å²) in [6.45, 7) is 4.12. The molecule has 2 heterocycles. The molecule has 142 valence electrons. The van der Waals surface area contributed by atoms with Gasteiger partial charge in [-0.1, -0.05) is 6.42 Å². The molecule has 1 aromatic carbocycles. The van der Waals surface area contributed by atoms with E-state index in [2.05, 4.69) is 25.8 Å². The van der Waals surface area contributed by atoms with Crippen LogP contribution in [0.25, 0.3) is 11.0 Å². The van der Waals surface area contributed by atoms with Crippen molar-refractivity contribution in [2.45, 2.75) is 25.7 Å². The van der Waals surface area contributed by atoms with Gasteiger partial charge >= 0.3 is 5.69 Å². The molecule has 26 heavy (non-hydrogen) atoms. The van der Waals surface area contributed by atoms with Crippen molar-refractivity contribution in [3.63, 3.8) is 0 Å². The Morgan fingerprint density at radius 1 is 1.15 bits per heavy atom. The lowest BCUT2D eigenvalue weighted by Gasteiger charge is -2.26. The highest BCUT2D eigenvalue weighted by Gasteiger charge is 2.25. The third-order valence-corrected chi connectivity index (χ3v) is 4.54. The summed E-state index contributed by atoms with van der Waals surface area (Å²) in [6, 6.07) is 1.63. The zero-order valence-corrected chi connectivity index (χ0v) is 14.6. The number of nitrogens with one attached hydrogen (secondary N) is 2. The maximum absolute atomic E-state index is 11.4. The van der Waals surface area contributed by atoms with Crippen LogP contribution >= 0.6 is 0 Å². The van der Waals surface area contributed by atoms with E-state index in [1.807, 2.05) is 0 Å². The molecule has 1 saturated heterocycles. The molecule has 3 N–H and O–H groups in total. The molecule has 2 aromatic rings. The van der Waals surface area contributed by atoms with E-state index in [1.165, 1.54) is 19.3 Å². The van der Waals surface area contributed by atoms with Crippen LogP contribution in [-0.4, -0.2) is 64.6 Å². The third kappa shape index (κ3) is 4.20. The molecule has 1 aliphatic rings. The van der Waals surface area contributed by atoms with Crippen LogP contribution < -0.4 is 10.6 Å². The number of piperidine rings is 1. The van der Waals surface area contributed by atoms with Gasteiger partial charge < -0.3 is 20.6 Å². The van der Waals surface area contributed by atoms with Gasteiger partial charge in [0.1, 0.15) is 5.69 Å². The largest absolute Gasteiger partial charge is 0.395 e. The van der Waals surface area contributed by atoms with Gasteiger partial charge in [-0.2, -0.15) is 0 Å². The molecule has 10 nitrogen and oxygen atoms in total. The predicted molar refractivity (Wildman–Crippen MR) is 97.4 cm³/mol. The Bertz CT molecular complexity index is 744. The second-order valence-electron chi connectivity index (χ2n) is 6.37. The lowest BCUT2D eigenvalue weighted by atomic mass is 10.1. The highest BCUT2D eigenvalue weighted by Crippen LogP contribution is 2.36. The number of nitro groups is 1. The number of aliphatic hydroxyl groups excluding tert-OH is 1. The SMILES string of the molecule is O=[N+]([O-])c1c(NCCO)cc(NCCCN2CCCCC2)c2nonc12. The van der Waals surface area contributed by atoms with Gasteiger partial charge in [0.05, 0.1) is 17.2 Å². The van der Waals surface area contributed by atoms with Crippen molar-refractivity contribution in [2.24, 2.45) is 0 Å². The molecule has 0 atom stereocenters. The van der Waals surface area contributed by atoms with Gasteiger partial charge in [0, 0.05) is 13.1 Å². The zero-order valence-electron chi connectivity index (χ0n) is 14.6. The molecule has 0 bridgehead atoms. The number of hydrogen-bond donors (Lipinski definition) is 3. The van der Waals surface area contributed by atoms with Crippen molar-refractivity contribution in [1.29, 1.82) is 0 Å². The molecule has 0 aliphatic carbocycles. The Morgan fingerprint density at radius 2 is 1.88 bits per heavy atom. The normalized spacial score (nSPS) is 15.3. The number of anilines is 2. The molecule has 0 amide bonds. The third-order valence-electron chi connectivity index (χ3n) is 4.54. The van der Waals surface area contributed by atoms with Gasteiger partial charge in [0.25, 0.3) is 0 Å². The van der Waals surface area contributed by atoms with Crippen LogP contribution in [0.15, 0.2) is 10.7 Å². The Kier molecular flexibility index (Phi) is 6.18. The Hall–Kier alpha value is -2.46. The standard InChI is InChI=1S/C16H24N6O4/c23-10-6-18-13-11-12(14-15(20-26-19-14)16(13)22(24)25)17-5-4-9-21-7-2-1-3-8-21/h11,17-18,23H,1-10H2. The molecule has 10 heteroatoms. The Morgan fingerprint density at radius 3 is 2.62 bits per heavy atom. The summed E-state index contributed by atoms with van der Waals surface area (Å²) in [5.74, 6) is 0. The summed E-state index contributed by atoms with van der Waals surface area (Å²) < 4.78 is 4.73. The maximum Gasteiger partial charge on any atom is 0.323 e. The van der Waals surface area contributed by atoms with Crippen LogP contribution in [0.3, 0.4) is 0 Å². The van der Waals surface area contributed by atoms with Crippen LogP contribution in [0.4, 0.5) is 17.1 Å². The van der Waals surface area contributed by atoms with E-state index in [0.29, 0.717) is 11.2 Å². The molecule has 0 saturated carbocycles. The van der Waals surface area contributed by atoms with E-state index >= 15 is 0 Å². The van der Waals surface area contributed by atoms with E-state index in [9.17, 15) is 10.1 Å². The fourth-order valence-electron chi connectivity index (χ4n) is 3.28. The quantitative estimate of drug-likeness (QED) is 0.346. The van der Waals surface area contributed by atoms with Crippen molar-refractivity contribution in [1.82, 2.24) is 15.2 Å². The molecular weight excluding hydrogens is 340 g/mol. The number of likely N-dealkylation sites (tertiary alicyclic amines) is 1. The van der Waals surface area contributed by atoms with Crippen molar-refractivity contribution < 1.29 is 14.7 Å². The van der Waals surface area contributed by atoms with E-state index in [1.54, 1.807) is 6.07 Å². The minimum absolute atomic E-state index is 0.0940. The number of fused-ring (bicyclic) bond motifs is 1. The lowest BCUT2D eigenvalue weighted by molar-refractivity contribution is -0.382. The molecule has 0 spiro atoms. The number of rotatable bonds is 9. The van der Waals surface area contributed by atoms with Crippen LogP contribution in [0.5, 0.6) is 0 Å². The first-order valence-electron chi connectivity index (χ1n) is 8.95. The van der Waals surface area contributed by atoms with Crippen molar-refractivity contribution in [2.75, 3.05) is 50.0 Å². The van der Waals surface area contributed by atoms with Crippen molar-refractivity contribution >= 4 is 28.1 Å². The lowest BCUT2D eigenvalue weighted by Crippen LogP contribution is -2.31. The molecule has 1 aromatic heterocycles. The fraction of sp³-hybridized carbons (Fsp3) is 0.625. The number of aromatic nitrogens is 2. The number of nitro benzene ring substituents is 1. The van der Waals surface area contributed by atoms with Crippen molar-refractivity contribution in [3.05, 3.63) is 16.2 Å². The number of benzene rings is 1. The average molecular weight is 364 g/mol. The number of aliphatic hydroxyl groups is 1. The minimum Gasteiger partial charge on any atom is -0.395 e. The highest BCUT2D eigenvalue weighted by molar-refractivity contribution is 5.99. The average Bonchev–Trinajstić information content (AvgIpc) is 3.13. The first kappa shape index (κ1) is 18.3. The molecule has 3 rings (SSSR count). The summed E-state index contributed by atoms with van der Waals surface area (Å²) in [6.07, 6.45) is 4.81. The smallest absolute Gasteiger partial charge is 0.323 e. The molecular formula is C16H24N6O4. The minimum atomic E-state index is -0.521. The monoisotopic (exact) mass is 364 g/mol. The molecule has 1 aliphatic heterocycles. The van der Waals surface area contributed by atoms with E-state index < -0.39 is 4.92 Å². The summed E-state index contributed by atoms with van der Waals surface area (Å²) >= 11 is 0. The highest BCUT2D eigenvalue weighted by atomic mass is 16.6. The maximum atomic E-state index is 11.4. The predicted octanol–water partition coefficient (Wildman–Crippen LogP) is 1.82. The molecule has 0 unspecified atom stereocenters. The summed E-state index contributed by atoms with van der Waals surface area (Å²) in [5, 5.41) is 34.1. The van der Waals surface area contributed by atoms with Crippen molar-refractivity contribution in [3.8, 4) is 0 Å². The number of hydrogen-bond acceptors (Lipinski definition) is 9. The second kappa shape index (κ2) is 8.77. The zero-order chi connectivity index (χ0) is 18.4. The van der Waals surface area contributed by atoms with Crippen LogP contribution in [0, 0.1) is 10.1 Å². The van der Waals surface area contributed by atoms with E-state index in [0.717, 1.165) is 32.6 Å². The first-order chi connectivity index (χ1) is 12.7. The van der Waals surface area contributed by atoms with Gasteiger partial charge in [-0.3, -0.25) is 10.1 Å². The van der Waals surface area contributed by atoms with Gasteiger partial charge in [-0.25, -0.2) is 4.63 Å².